The number of hydrogen-bond donors (Lipinski definition) is 1. The Labute approximate surface area is 107 Å². The first-order valence-corrected chi connectivity index (χ1v) is 6.45. The minimum atomic E-state index is 0.0274. The second-order valence-electron chi connectivity index (χ2n) is 5.16. The molecule has 3 heteroatoms. The monoisotopic (exact) mass is 251 g/mol. The molecule has 1 fully saturated rings. The highest BCUT2D eigenvalue weighted by Gasteiger charge is 2.41. The van der Waals surface area contributed by atoms with Crippen LogP contribution in [0.3, 0.4) is 0 Å². The number of rotatable bonds is 3. The van der Waals surface area contributed by atoms with Gasteiger partial charge in [0, 0.05) is 22.9 Å². The molecular weight excluding hydrogens is 234 g/mol. The second kappa shape index (κ2) is 4.69. The normalized spacial score (nSPS) is 28.2. The van der Waals surface area contributed by atoms with Crippen molar-refractivity contribution in [1.82, 2.24) is 5.32 Å². The number of benzene rings is 1. The third kappa shape index (κ3) is 2.63. The van der Waals surface area contributed by atoms with Gasteiger partial charge in [-0.05, 0) is 30.5 Å². The number of carbonyl (C=O) groups is 1. The van der Waals surface area contributed by atoms with E-state index in [0.717, 1.165) is 17.9 Å². The van der Waals surface area contributed by atoms with Crippen LogP contribution in [0.1, 0.15) is 32.3 Å². The van der Waals surface area contributed by atoms with Crippen LogP contribution < -0.4 is 5.32 Å². The Balaban J connectivity index is 2.16. The van der Waals surface area contributed by atoms with Gasteiger partial charge in [-0.2, -0.15) is 0 Å². The van der Waals surface area contributed by atoms with Crippen LogP contribution >= 0.6 is 11.6 Å². The summed E-state index contributed by atoms with van der Waals surface area (Å²) in [6.07, 6.45) is 2.52. The summed E-state index contributed by atoms with van der Waals surface area (Å²) in [6, 6.07) is 8.19. The van der Waals surface area contributed by atoms with E-state index in [4.69, 9.17) is 11.6 Å². The largest absolute Gasteiger partial charge is 0.353 e. The molecule has 0 radical (unpaired) electrons. The van der Waals surface area contributed by atoms with E-state index in [1.54, 1.807) is 0 Å². The first-order chi connectivity index (χ1) is 8.03. The quantitative estimate of drug-likeness (QED) is 0.878. The lowest BCUT2D eigenvalue weighted by Crippen LogP contribution is -2.36. The van der Waals surface area contributed by atoms with Crippen molar-refractivity contribution in [3.05, 3.63) is 34.9 Å². The molecule has 0 saturated carbocycles. The van der Waals surface area contributed by atoms with E-state index in [1.807, 2.05) is 24.3 Å². The van der Waals surface area contributed by atoms with Crippen LogP contribution in [0, 0.1) is 5.41 Å². The molecule has 1 aromatic rings. The van der Waals surface area contributed by atoms with Crippen LogP contribution in [-0.2, 0) is 11.2 Å². The zero-order chi connectivity index (χ0) is 12.5. The predicted molar refractivity (Wildman–Crippen MR) is 70.1 cm³/mol. The van der Waals surface area contributed by atoms with Crippen molar-refractivity contribution in [3.8, 4) is 0 Å². The van der Waals surface area contributed by atoms with Gasteiger partial charge in [-0.3, -0.25) is 4.79 Å². The van der Waals surface area contributed by atoms with E-state index in [1.165, 1.54) is 5.56 Å². The molecule has 0 aliphatic carbocycles. The molecule has 1 aliphatic rings. The maximum Gasteiger partial charge on any atom is 0.220 e. The fraction of sp³-hybridized carbons (Fsp3) is 0.500. The second-order valence-corrected chi connectivity index (χ2v) is 5.60. The maximum absolute atomic E-state index is 11.5. The molecule has 2 unspecified atom stereocenters. The molecule has 1 aromatic carbocycles. The fourth-order valence-electron chi connectivity index (χ4n) is 2.76. The minimum Gasteiger partial charge on any atom is -0.353 e. The number of halogens is 1. The standard InChI is InChI=1S/C14H18ClNO/c1-3-12-14(2,9-13(17)16-12)8-10-4-6-11(15)7-5-10/h4-7,12H,3,8-9H2,1-2H3,(H,16,17). The van der Waals surface area contributed by atoms with Crippen LogP contribution in [0.2, 0.25) is 5.02 Å². The zero-order valence-corrected chi connectivity index (χ0v) is 11.1. The number of amides is 1. The van der Waals surface area contributed by atoms with E-state index in [2.05, 4.69) is 19.2 Å². The van der Waals surface area contributed by atoms with Gasteiger partial charge in [-0.25, -0.2) is 0 Å². The summed E-state index contributed by atoms with van der Waals surface area (Å²) in [5.74, 6) is 0.174. The molecule has 0 bridgehead atoms. The highest BCUT2D eigenvalue weighted by molar-refractivity contribution is 6.30. The van der Waals surface area contributed by atoms with Crippen molar-refractivity contribution in [1.29, 1.82) is 0 Å². The first kappa shape index (κ1) is 12.4. The number of carbonyl (C=O) groups excluding carboxylic acids is 1. The Morgan fingerprint density at radius 3 is 2.65 bits per heavy atom. The van der Waals surface area contributed by atoms with Gasteiger partial charge in [0.1, 0.15) is 0 Å². The predicted octanol–water partition coefficient (Wildman–Crippen LogP) is 3.19. The lowest BCUT2D eigenvalue weighted by atomic mass is 9.76. The van der Waals surface area contributed by atoms with Crippen LogP contribution in [0.25, 0.3) is 0 Å². The van der Waals surface area contributed by atoms with Crippen LogP contribution in [0.4, 0.5) is 0 Å². The average molecular weight is 252 g/mol. The van der Waals surface area contributed by atoms with Gasteiger partial charge < -0.3 is 5.32 Å². The molecule has 92 valence electrons. The van der Waals surface area contributed by atoms with Crippen LogP contribution in [0.5, 0.6) is 0 Å². The molecular formula is C14H18ClNO. The van der Waals surface area contributed by atoms with Crippen molar-refractivity contribution in [3.63, 3.8) is 0 Å². The third-order valence-electron chi connectivity index (χ3n) is 3.67. The van der Waals surface area contributed by atoms with Crippen LogP contribution in [-0.4, -0.2) is 11.9 Å². The minimum absolute atomic E-state index is 0.0274. The lowest BCUT2D eigenvalue weighted by molar-refractivity contribution is -0.119. The van der Waals surface area contributed by atoms with Gasteiger partial charge in [0.15, 0.2) is 0 Å². The maximum atomic E-state index is 11.5. The molecule has 2 atom stereocenters. The molecule has 1 N–H and O–H groups in total. The van der Waals surface area contributed by atoms with E-state index in [0.29, 0.717) is 6.42 Å². The molecule has 2 nitrogen and oxygen atoms in total. The summed E-state index contributed by atoms with van der Waals surface area (Å²) in [5.41, 5.74) is 1.27. The topological polar surface area (TPSA) is 29.1 Å². The Bertz CT molecular complexity index is 415. The fourth-order valence-corrected chi connectivity index (χ4v) is 2.88. The lowest BCUT2D eigenvalue weighted by Gasteiger charge is -2.29. The summed E-state index contributed by atoms with van der Waals surface area (Å²) in [6.45, 7) is 4.31. The molecule has 1 aliphatic heterocycles. The summed E-state index contributed by atoms with van der Waals surface area (Å²) in [7, 11) is 0. The summed E-state index contributed by atoms with van der Waals surface area (Å²) in [4.78, 5) is 11.5. The average Bonchev–Trinajstić information content (AvgIpc) is 2.56. The van der Waals surface area contributed by atoms with Gasteiger partial charge in [-0.15, -0.1) is 0 Å². The van der Waals surface area contributed by atoms with E-state index < -0.39 is 0 Å². The molecule has 0 aromatic heterocycles. The Morgan fingerprint density at radius 2 is 2.06 bits per heavy atom. The van der Waals surface area contributed by atoms with Crippen molar-refractivity contribution in [2.75, 3.05) is 0 Å². The third-order valence-corrected chi connectivity index (χ3v) is 3.92. The molecule has 17 heavy (non-hydrogen) atoms. The zero-order valence-electron chi connectivity index (χ0n) is 10.3. The molecule has 1 heterocycles. The van der Waals surface area contributed by atoms with Crippen LogP contribution in [0.15, 0.2) is 24.3 Å². The summed E-state index contributed by atoms with van der Waals surface area (Å²) < 4.78 is 0. The van der Waals surface area contributed by atoms with Gasteiger partial charge >= 0.3 is 0 Å². The van der Waals surface area contributed by atoms with E-state index in [9.17, 15) is 4.79 Å². The Morgan fingerprint density at radius 1 is 1.41 bits per heavy atom. The first-order valence-electron chi connectivity index (χ1n) is 6.07. The molecule has 1 saturated heterocycles. The van der Waals surface area contributed by atoms with Crippen molar-refractivity contribution >= 4 is 17.5 Å². The smallest absolute Gasteiger partial charge is 0.220 e. The van der Waals surface area contributed by atoms with Gasteiger partial charge in [-0.1, -0.05) is 37.6 Å². The summed E-state index contributed by atoms with van der Waals surface area (Å²) in [5, 5.41) is 3.82. The Hall–Kier alpha value is -1.02. The highest BCUT2D eigenvalue weighted by atomic mass is 35.5. The van der Waals surface area contributed by atoms with Crippen molar-refractivity contribution in [2.24, 2.45) is 5.41 Å². The van der Waals surface area contributed by atoms with Gasteiger partial charge in [0.25, 0.3) is 0 Å². The van der Waals surface area contributed by atoms with Gasteiger partial charge in [0.2, 0.25) is 5.91 Å². The van der Waals surface area contributed by atoms with E-state index in [-0.39, 0.29) is 17.4 Å². The molecule has 1 amide bonds. The number of nitrogens with one attached hydrogen (secondary N) is 1. The summed E-state index contributed by atoms with van der Waals surface area (Å²) >= 11 is 5.88. The highest BCUT2D eigenvalue weighted by Crippen LogP contribution is 2.36. The van der Waals surface area contributed by atoms with Gasteiger partial charge in [0.05, 0.1) is 0 Å². The van der Waals surface area contributed by atoms with Crippen molar-refractivity contribution in [2.45, 2.75) is 39.2 Å². The number of hydrogen-bond acceptors (Lipinski definition) is 1. The van der Waals surface area contributed by atoms with Crippen molar-refractivity contribution < 1.29 is 4.79 Å². The molecule has 2 rings (SSSR count). The Kier molecular flexibility index (Phi) is 3.43. The SMILES string of the molecule is CCC1NC(=O)CC1(C)Cc1ccc(Cl)cc1. The molecule has 0 spiro atoms. The van der Waals surface area contributed by atoms with E-state index >= 15 is 0 Å².